The molecular formula is C27H37NO3. The zero-order valence-corrected chi connectivity index (χ0v) is 19.1. The summed E-state index contributed by atoms with van der Waals surface area (Å²) in [5.41, 5.74) is 2.36. The molecule has 0 radical (unpaired) electrons. The third kappa shape index (κ3) is 4.09. The average molecular weight is 424 g/mol. The number of ether oxygens (including phenoxy) is 1. The van der Waals surface area contributed by atoms with E-state index >= 15 is 0 Å². The van der Waals surface area contributed by atoms with Gasteiger partial charge < -0.3 is 14.7 Å². The van der Waals surface area contributed by atoms with Crippen LogP contribution >= 0.6 is 0 Å². The first-order valence-electron chi connectivity index (χ1n) is 12.3. The Morgan fingerprint density at radius 2 is 1.90 bits per heavy atom. The highest BCUT2D eigenvalue weighted by atomic mass is 16.6. The molecule has 1 aromatic carbocycles. The van der Waals surface area contributed by atoms with E-state index < -0.39 is 5.60 Å². The van der Waals surface area contributed by atoms with Crippen molar-refractivity contribution in [3.05, 3.63) is 47.5 Å². The molecule has 1 saturated carbocycles. The van der Waals surface area contributed by atoms with E-state index in [2.05, 4.69) is 37.0 Å². The van der Waals surface area contributed by atoms with Crippen LogP contribution < -0.4 is 0 Å². The molecule has 0 bridgehead atoms. The Morgan fingerprint density at radius 3 is 2.65 bits per heavy atom. The van der Waals surface area contributed by atoms with Crippen molar-refractivity contribution in [2.24, 2.45) is 23.2 Å². The number of carbonyl (C=O) groups excluding carboxylic acids is 1. The molecule has 2 aliphatic carbocycles. The van der Waals surface area contributed by atoms with Crippen LogP contribution in [-0.2, 0) is 16.0 Å². The first kappa shape index (κ1) is 21.2. The molecule has 4 aliphatic rings. The topological polar surface area (TPSA) is 49.8 Å². The molecule has 168 valence electrons. The average Bonchev–Trinajstić information content (AvgIpc) is 3.02. The molecule has 3 fully saturated rings. The summed E-state index contributed by atoms with van der Waals surface area (Å²) in [6, 6.07) is 10.3. The Hall–Kier alpha value is -1.65. The Balaban J connectivity index is 1.24. The Labute approximate surface area is 186 Å². The van der Waals surface area contributed by atoms with Gasteiger partial charge in [-0.1, -0.05) is 62.2 Å². The van der Waals surface area contributed by atoms with E-state index in [-0.39, 0.29) is 29.3 Å². The van der Waals surface area contributed by atoms with Crippen LogP contribution in [0.1, 0.15) is 57.9 Å². The van der Waals surface area contributed by atoms with E-state index in [1.165, 1.54) is 24.8 Å². The summed E-state index contributed by atoms with van der Waals surface area (Å²) in [5.74, 6) is 0.781. The maximum atomic E-state index is 12.8. The van der Waals surface area contributed by atoms with Gasteiger partial charge in [0.2, 0.25) is 0 Å². The number of benzene rings is 1. The van der Waals surface area contributed by atoms with E-state index in [1.807, 2.05) is 18.2 Å². The van der Waals surface area contributed by atoms with Gasteiger partial charge in [0.05, 0.1) is 11.5 Å². The third-order valence-corrected chi connectivity index (χ3v) is 8.70. The molecule has 0 aromatic heterocycles. The molecule has 5 atom stereocenters. The highest BCUT2D eigenvalue weighted by Gasteiger charge is 2.52. The van der Waals surface area contributed by atoms with Gasteiger partial charge in [-0.2, -0.15) is 0 Å². The lowest BCUT2D eigenvalue weighted by Crippen LogP contribution is -2.48. The van der Waals surface area contributed by atoms with Crippen LogP contribution in [0.3, 0.4) is 0 Å². The highest BCUT2D eigenvalue weighted by molar-refractivity contribution is 5.76. The van der Waals surface area contributed by atoms with Crippen LogP contribution in [0.5, 0.6) is 0 Å². The number of hydrogen-bond acceptors (Lipinski definition) is 4. The van der Waals surface area contributed by atoms with Gasteiger partial charge in [-0.15, -0.1) is 0 Å². The monoisotopic (exact) mass is 423 g/mol. The number of esters is 1. The maximum Gasteiger partial charge on any atom is 0.311 e. The van der Waals surface area contributed by atoms with Crippen molar-refractivity contribution in [3.8, 4) is 0 Å². The Morgan fingerprint density at radius 1 is 1.16 bits per heavy atom. The van der Waals surface area contributed by atoms with E-state index in [9.17, 15) is 9.90 Å². The maximum absolute atomic E-state index is 12.8. The van der Waals surface area contributed by atoms with Crippen molar-refractivity contribution in [2.75, 3.05) is 19.6 Å². The summed E-state index contributed by atoms with van der Waals surface area (Å²) in [6.07, 6.45) is 9.49. The summed E-state index contributed by atoms with van der Waals surface area (Å²) in [7, 11) is 0. The van der Waals surface area contributed by atoms with E-state index in [0.717, 1.165) is 38.9 Å². The van der Waals surface area contributed by atoms with Crippen molar-refractivity contribution in [1.82, 2.24) is 4.90 Å². The fraction of sp³-hybridized carbons (Fsp3) is 0.667. The van der Waals surface area contributed by atoms with Crippen LogP contribution in [0.2, 0.25) is 0 Å². The minimum atomic E-state index is -0.636. The molecule has 1 aromatic rings. The summed E-state index contributed by atoms with van der Waals surface area (Å²) in [4.78, 5) is 15.2. The van der Waals surface area contributed by atoms with Gasteiger partial charge >= 0.3 is 5.97 Å². The van der Waals surface area contributed by atoms with Crippen molar-refractivity contribution in [2.45, 2.75) is 70.5 Å². The van der Waals surface area contributed by atoms with Gasteiger partial charge in [-0.05, 0) is 49.0 Å². The predicted octanol–water partition coefficient (Wildman–Crippen LogP) is 4.37. The first-order chi connectivity index (χ1) is 14.9. The Kier molecular flexibility index (Phi) is 5.50. The SMILES string of the molecule is C[C@@H]1CCC[C@@]2(C)C[C@H]3OC(=O)[C@@H](CN4CCC(O)(Cc5ccccc5)CC4)[C@@H]3C=C12. The Bertz CT molecular complexity index is 841. The van der Waals surface area contributed by atoms with Gasteiger partial charge in [-0.3, -0.25) is 4.79 Å². The smallest absolute Gasteiger partial charge is 0.311 e. The third-order valence-electron chi connectivity index (χ3n) is 8.70. The zero-order valence-electron chi connectivity index (χ0n) is 19.1. The molecule has 1 N–H and O–H groups in total. The number of likely N-dealkylation sites (tertiary alicyclic amines) is 1. The van der Waals surface area contributed by atoms with E-state index in [0.29, 0.717) is 12.3 Å². The van der Waals surface area contributed by atoms with Crippen molar-refractivity contribution < 1.29 is 14.6 Å². The fourth-order valence-corrected chi connectivity index (χ4v) is 6.84. The van der Waals surface area contributed by atoms with Crippen molar-refractivity contribution in [1.29, 1.82) is 0 Å². The normalized spacial score (nSPS) is 37.5. The number of allylic oxidation sites excluding steroid dienone is 1. The predicted molar refractivity (Wildman–Crippen MR) is 121 cm³/mol. The molecule has 4 nitrogen and oxygen atoms in total. The second kappa shape index (κ2) is 8.04. The number of piperidine rings is 1. The fourth-order valence-electron chi connectivity index (χ4n) is 6.84. The van der Waals surface area contributed by atoms with Crippen LogP contribution in [0.4, 0.5) is 0 Å². The molecule has 31 heavy (non-hydrogen) atoms. The van der Waals surface area contributed by atoms with E-state index in [4.69, 9.17) is 4.74 Å². The number of nitrogens with zero attached hydrogens (tertiary/aromatic N) is 1. The highest BCUT2D eigenvalue weighted by Crippen LogP contribution is 2.54. The molecule has 0 unspecified atom stereocenters. The lowest BCUT2D eigenvalue weighted by atomic mass is 9.59. The number of rotatable bonds is 4. The van der Waals surface area contributed by atoms with Gasteiger partial charge in [0.25, 0.3) is 0 Å². The van der Waals surface area contributed by atoms with Gasteiger partial charge in [0.1, 0.15) is 6.10 Å². The lowest BCUT2D eigenvalue weighted by Gasteiger charge is -2.46. The van der Waals surface area contributed by atoms with Crippen LogP contribution in [0.25, 0.3) is 0 Å². The second-order valence-corrected chi connectivity index (χ2v) is 11.0. The molecule has 4 heteroatoms. The summed E-state index contributed by atoms with van der Waals surface area (Å²) in [5, 5.41) is 11.1. The summed E-state index contributed by atoms with van der Waals surface area (Å²) < 4.78 is 5.93. The standard InChI is InChI=1S/C27H37NO3/c1-19-7-6-10-26(2)17-24-21(15-23(19)26)22(25(29)31-24)18-28-13-11-27(30,12-14-28)16-20-8-4-3-5-9-20/h3-5,8-9,15,19,21-22,24,30H,6-7,10-14,16-18H2,1-2H3/t19-,21+,22+,24-,26+/m1/s1. The molecule has 2 heterocycles. The second-order valence-electron chi connectivity index (χ2n) is 11.0. The molecule has 5 rings (SSSR count). The quantitative estimate of drug-likeness (QED) is 0.577. The summed E-state index contributed by atoms with van der Waals surface area (Å²) in [6.45, 7) is 7.18. The first-order valence-corrected chi connectivity index (χ1v) is 12.3. The van der Waals surface area contributed by atoms with Crippen molar-refractivity contribution >= 4 is 5.97 Å². The molecule has 0 spiro atoms. The van der Waals surface area contributed by atoms with Crippen molar-refractivity contribution in [3.63, 3.8) is 0 Å². The number of carbonyl (C=O) groups is 1. The molecule has 2 saturated heterocycles. The molecular weight excluding hydrogens is 386 g/mol. The van der Waals surface area contributed by atoms with Crippen LogP contribution in [0, 0.1) is 23.2 Å². The summed E-state index contributed by atoms with van der Waals surface area (Å²) >= 11 is 0. The van der Waals surface area contributed by atoms with Gasteiger partial charge in [-0.25, -0.2) is 0 Å². The minimum absolute atomic E-state index is 0.00753. The largest absolute Gasteiger partial charge is 0.461 e. The van der Waals surface area contributed by atoms with Crippen LogP contribution in [-0.4, -0.2) is 47.3 Å². The zero-order chi connectivity index (χ0) is 21.6. The number of aliphatic hydroxyl groups is 1. The molecule has 0 amide bonds. The number of fused-ring (bicyclic) bond motifs is 2. The lowest BCUT2D eigenvalue weighted by molar-refractivity contribution is -0.145. The number of hydrogen-bond donors (Lipinski definition) is 1. The molecule has 2 aliphatic heterocycles. The van der Waals surface area contributed by atoms with Gasteiger partial charge in [0, 0.05) is 32.0 Å². The van der Waals surface area contributed by atoms with Gasteiger partial charge in [0.15, 0.2) is 0 Å². The van der Waals surface area contributed by atoms with E-state index in [1.54, 1.807) is 5.57 Å². The van der Waals surface area contributed by atoms with Crippen LogP contribution in [0.15, 0.2) is 42.0 Å². The minimum Gasteiger partial charge on any atom is -0.461 e.